The smallest absolute Gasteiger partial charge is 0.272 e. The number of anilines is 1. The first kappa shape index (κ1) is 12.3. The van der Waals surface area contributed by atoms with Crippen LogP contribution in [0.3, 0.4) is 0 Å². The first-order valence-electron chi connectivity index (χ1n) is 5.16. The zero-order valence-corrected chi connectivity index (χ0v) is 10.3. The van der Waals surface area contributed by atoms with Crippen LogP contribution in [0.2, 0.25) is 5.02 Å². The molecule has 0 saturated heterocycles. The molecule has 18 heavy (non-hydrogen) atoms. The lowest BCUT2D eigenvalue weighted by Gasteiger charge is -2.09. The average Bonchev–Trinajstić information content (AvgIpc) is 2.33. The number of nitrogens with zero attached hydrogens (tertiary/aromatic N) is 2. The number of halogens is 1. The maximum atomic E-state index is 10.9. The fourth-order valence-electron chi connectivity index (χ4n) is 1.78. The average molecular weight is 264 g/mol. The Bertz CT molecular complexity index is 629. The first-order chi connectivity index (χ1) is 8.52. The Morgan fingerprint density at radius 2 is 2.06 bits per heavy atom. The fraction of sp³-hybridized carbons (Fsp3) is 0.0833. The van der Waals surface area contributed by atoms with Gasteiger partial charge in [-0.25, -0.2) is 4.98 Å². The van der Waals surface area contributed by atoms with Crippen LogP contribution in [0.5, 0.6) is 0 Å². The van der Waals surface area contributed by atoms with E-state index in [1.54, 1.807) is 25.1 Å². The summed E-state index contributed by atoms with van der Waals surface area (Å²) in [6.07, 6.45) is 1.52. The standard InChI is InChI=1S/C12H10ClN3O2/c1-7-8(3-2-4-10(7)16(17)18)9-5-6-15-12(14)11(9)13/h2-6H,1H3,(H2,14,15). The molecule has 0 saturated carbocycles. The molecule has 6 heteroatoms. The monoisotopic (exact) mass is 263 g/mol. The Labute approximate surface area is 108 Å². The minimum absolute atomic E-state index is 0.0546. The van der Waals surface area contributed by atoms with Crippen molar-refractivity contribution < 1.29 is 4.92 Å². The molecule has 0 spiro atoms. The molecule has 2 rings (SSSR count). The van der Waals surface area contributed by atoms with Crippen LogP contribution < -0.4 is 5.73 Å². The van der Waals surface area contributed by atoms with Crippen molar-refractivity contribution in [2.75, 3.05) is 5.73 Å². The topological polar surface area (TPSA) is 82.0 Å². The highest BCUT2D eigenvalue weighted by Gasteiger charge is 2.16. The predicted molar refractivity (Wildman–Crippen MR) is 70.5 cm³/mol. The van der Waals surface area contributed by atoms with Crippen molar-refractivity contribution in [3.8, 4) is 11.1 Å². The number of benzene rings is 1. The van der Waals surface area contributed by atoms with Gasteiger partial charge in [-0.3, -0.25) is 10.1 Å². The largest absolute Gasteiger partial charge is 0.382 e. The number of pyridine rings is 1. The maximum absolute atomic E-state index is 10.9. The summed E-state index contributed by atoms with van der Waals surface area (Å²) in [6.45, 7) is 1.68. The van der Waals surface area contributed by atoms with Gasteiger partial charge in [0.05, 0.1) is 9.95 Å². The highest BCUT2D eigenvalue weighted by Crippen LogP contribution is 2.35. The third-order valence-electron chi connectivity index (χ3n) is 2.71. The van der Waals surface area contributed by atoms with E-state index in [0.29, 0.717) is 21.7 Å². The molecule has 0 atom stereocenters. The van der Waals surface area contributed by atoms with Gasteiger partial charge in [-0.1, -0.05) is 23.7 Å². The summed E-state index contributed by atoms with van der Waals surface area (Å²) in [5, 5.41) is 11.2. The second-order valence-electron chi connectivity index (χ2n) is 3.76. The number of nitrogen functional groups attached to an aromatic ring is 1. The lowest BCUT2D eigenvalue weighted by atomic mass is 10.00. The normalized spacial score (nSPS) is 10.3. The maximum Gasteiger partial charge on any atom is 0.272 e. The van der Waals surface area contributed by atoms with Crippen molar-refractivity contribution >= 4 is 23.1 Å². The number of nitro groups is 1. The summed E-state index contributed by atoms with van der Waals surface area (Å²) >= 11 is 6.07. The number of hydrogen-bond acceptors (Lipinski definition) is 4. The summed E-state index contributed by atoms with van der Waals surface area (Å²) in [5.41, 5.74) is 7.56. The van der Waals surface area contributed by atoms with Gasteiger partial charge in [-0.05, 0) is 18.6 Å². The van der Waals surface area contributed by atoms with Crippen molar-refractivity contribution in [3.63, 3.8) is 0 Å². The molecular formula is C12H10ClN3O2. The van der Waals surface area contributed by atoms with Crippen LogP contribution in [0, 0.1) is 17.0 Å². The molecule has 5 nitrogen and oxygen atoms in total. The molecule has 2 N–H and O–H groups in total. The van der Waals surface area contributed by atoms with Crippen LogP contribution >= 0.6 is 11.6 Å². The van der Waals surface area contributed by atoms with E-state index in [-0.39, 0.29) is 11.5 Å². The van der Waals surface area contributed by atoms with Crippen LogP contribution in [0.4, 0.5) is 11.5 Å². The fourth-order valence-corrected chi connectivity index (χ4v) is 1.99. The number of nitro benzene ring substituents is 1. The summed E-state index contributed by atoms with van der Waals surface area (Å²) in [7, 11) is 0. The third-order valence-corrected chi connectivity index (χ3v) is 3.11. The van der Waals surface area contributed by atoms with E-state index in [9.17, 15) is 10.1 Å². The summed E-state index contributed by atoms with van der Waals surface area (Å²) in [6, 6.07) is 6.53. The molecule has 2 aromatic rings. The van der Waals surface area contributed by atoms with Crippen LogP contribution in [0.15, 0.2) is 30.5 Å². The Morgan fingerprint density at radius 1 is 1.33 bits per heavy atom. The zero-order valence-electron chi connectivity index (χ0n) is 9.55. The van der Waals surface area contributed by atoms with Crippen LogP contribution in [-0.4, -0.2) is 9.91 Å². The van der Waals surface area contributed by atoms with Crippen molar-refractivity contribution in [1.29, 1.82) is 0 Å². The summed E-state index contributed by atoms with van der Waals surface area (Å²) in [5.74, 6) is 0.208. The molecule has 0 radical (unpaired) electrons. The Morgan fingerprint density at radius 3 is 2.72 bits per heavy atom. The number of hydrogen-bond donors (Lipinski definition) is 1. The van der Waals surface area contributed by atoms with Crippen molar-refractivity contribution in [2.45, 2.75) is 6.92 Å². The highest BCUT2D eigenvalue weighted by atomic mass is 35.5. The van der Waals surface area contributed by atoms with E-state index < -0.39 is 4.92 Å². The van der Waals surface area contributed by atoms with Gasteiger partial charge in [0.2, 0.25) is 0 Å². The highest BCUT2D eigenvalue weighted by molar-refractivity contribution is 6.35. The van der Waals surface area contributed by atoms with Gasteiger partial charge in [-0.15, -0.1) is 0 Å². The van der Waals surface area contributed by atoms with E-state index in [1.165, 1.54) is 12.3 Å². The van der Waals surface area contributed by atoms with Gasteiger partial charge >= 0.3 is 0 Å². The first-order valence-corrected chi connectivity index (χ1v) is 5.54. The molecule has 92 valence electrons. The van der Waals surface area contributed by atoms with E-state index in [4.69, 9.17) is 17.3 Å². The van der Waals surface area contributed by atoms with Gasteiger partial charge in [0.15, 0.2) is 0 Å². The Balaban J connectivity index is 2.69. The SMILES string of the molecule is Cc1c(-c2ccnc(N)c2Cl)cccc1[N+](=O)[O-]. The molecule has 1 aromatic carbocycles. The molecule has 0 amide bonds. The van der Waals surface area contributed by atoms with E-state index in [1.807, 2.05) is 0 Å². The quantitative estimate of drug-likeness (QED) is 0.666. The zero-order chi connectivity index (χ0) is 13.3. The minimum Gasteiger partial charge on any atom is -0.382 e. The molecule has 0 bridgehead atoms. The molecule has 0 unspecified atom stereocenters. The van der Waals surface area contributed by atoms with Gasteiger partial charge in [0.25, 0.3) is 5.69 Å². The molecule has 1 aromatic heterocycles. The third kappa shape index (κ3) is 2.00. The van der Waals surface area contributed by atoms with E-state index in [2.05, 4.69) is 4.98 Å². The molecule has 0 aliphatic carbocycles. The number of aromatic nitrogens is 1. The lowest BCUT2D eigenvalue weighted by Crippen LogP contribution is -1.96. The van der Waals surface area contributed by atoms with Crippen molar-refractivity contribution in [3.05, 3.63) is 51.2 Å². The van der Waals surface area contributed by atoms with E-state index in [0.717, 1.165) is 0 Å². The molecule has 0 aliphatic heterocycles. The summed E-state index contributed by atoms with van der Waals surface area (Å²) in [4.78, 5) is 14.3. The molecule has 0 aliphatic rings. The molecule has 0 fully saturated rings. The van der Waals surface area contributed by atoms with Gasteiger partial charge in [0, 0.05) is 23.4 Å². The number of nitrogens with two attached hydrogens (primary N) is 1. The van der Waals surface area contributed by atoms with Gasteiger partial charge < -0.3 is 5.73 Å². The molecule has 1 heterocycles. The predicted octanol–water partition coefficient (Wildman–Crippen LogP) is 3.20. The second kappa shape index (κ2) is 4.62. The van der Waals surface area contributed by atoms with E-state index >= 15 is 0 Å². The Hall–Kier alpha value is -2.14. The van der Waals surface area contributed by atoms with Crippen molar-refractivity contribution in [1.82, 2.24) is 4.98 Å². The summed E-state index contributed by atoms with van der Waals surface area (Å²) < 4.78 is 0. The Kier molecular flexibility index (Phi) is 3.16. The lowest BCUT2D eigenvalue weighted by molar-refractivity contribution is -0.385. The van der Waals surface area contributed by atoms with Gasteiger partial charge in [-0.2, -0.15) is 0 Å². The second-order valence-corrected chi connectivity index (χ2v) is 4.14. The van der Waals surface area contributed by atoms with Crippen molar-refractivity contribution in [2.24, 2.45) is 0 Å². The number of rotatable bonds is 2. The van der Waals surface area contributed by atoms with Crippen LogP contribution in [0.1, 0.15) is 5.56 Å². The molecular weight excluding hydrogens is 254 g/mol. The van der Waals surface area contributed by atoms with Crippen LogP contribution in [-0.2, 0) is 0 Å². The van der Waals surface area contributed by atoms with Crippen LogP contribution in [0.25, 0.3) is 11.1 Å². The van der Waals surface area contributed by atoms with Gasteiger partial charge in [0.1, 0.15) is 5.82 Å². The minimum atomic E-state index is -0.419.